The zero-order chi connectivity index (χ0) is 21.7. The summed E-state index contributed by atoms with van der Waals surface area (Å²) in [5.41, 5.74) is 0. The van der Waals surface area contributed by atoms with Crippen LogP contribution in [-0.4, -0.2) is 37.3 Å². The highest BCUT2D eigenvalue weighted by Crippen LogP contribution is 2.33. The second-order valence-corrected chi connectivity index (χ2v) is 10.6. The van der Waals surface area contributed by atoms with Gasteiger partial charge in [0.15, 0.2) is 4.87 Å². The normalized spacial score (nSPS) is 22.6. The Morgan fingerprint density at radius 3 is 2.32 bits per heavy atom. The number of amides is 1. The average molecular weight is 444 g/mol. The van der Waals surface area contributed by atoms with E-state index in [0.717, 1.165) is 38.6 Å². The first-order valence-electron chi connectivity index (χ1n) is 11.0. The van der Waals surface area contributed by atoms with E-state index in [1.807, 2.05) is 0 Å². The Balaban J connectivity index is 1.56. The minimum absolute atomic E-state index is 0.0983. The molecule has 0 spiro atoms. The molecule has 0 radical (unpaired) electrons. The molecule has 1 atom stereocenters. The molecular formula is C23H29N3O4S. The maximum atomic E-state index is 13.7. The molecule has 1 aromatic carbocycles. The van der Waals surface area contributed by atoms with Crippen LogP contribution in [0.3, 0.4) is 0 Å². The van der Waals surface area contributed by atoms with Crippen LogP contribution in [0.2, 0.25) is 0 Å². The fourth-order valence-corrected chi connectivity index (χ4v) is 6.31. The van der Waals surface area contributed by atoms with Gasteiger partial charge in [-0.15, -0.1) is 0 Å². The quantitative estimate of drug-likeness (QED) is 0.710. The van der Waals surface area contributed by atoms with E-state index in [-0.39, 0.29) is 23.3 Å². The molecule has 31 heavy (non-hydrogen) atoms. The maximum Gasteiger partial charge on any atom is 0.224 e. The van der Waals surface area contributed by atoms with Crippen molar-refractivity contribution in [3.63, 3.8) is 0 Å². The Morgan fingerprint density at radius 1 is 1.00 bits per heavy atom. The standard InChI is InChI=1S/C23H29N3O4S/c27-22(18-5-2-1-3-6-18)26-23(13-4-14-25-17-23)31(28,29)21-9-7-19(8-10-21)30-20-11-15-24-16-12-20/h7-12,15-16,18,25H,1-6,13-14,17H2,(H,26,27)/t23-/m0/s1. The third kappa shape index (κ3) is 4.75. The van der Waals surface area contributed by atoms with Gasteiger partial charge in [0, 0.05) is 24.9 Å². The third-order valence-corrected chi connectivity index (χ3v) is 8.58. The molecule has 1 saturated carbocycles. The largest absolute Gasteiger partial charge is 0.457 e. The van der Waals surface area contributed by atoms with Crippen LogP contribution >= 0.6 is 0 Å². The Labute approximate surface area is 183 Å². The number of piperidine rings is 1. The van der Waals surface area contributed by atoms with Crippen molar-refractivity contribution in [2.75, 3.05) is 13.1 Å². The van der Waals surface area contributed by atoms with Crippen LogP contribution in [0.15, 0.2) is 53.7 Å². The third-order valence-electron chi connectivity index (χ3n) is 6.21. The second kappa shape index (κ2) is 9.36. The predicted molar refractivity (Wildman–Crippen MR) is 117 cm³/mol. The average Bonchev–Trinajstić information content (AvgIpc) is 2.81. The summed E-state index contributed by atoms with van der Waals surface area (Å²) in [4.78, 5) is 15.8. The van der Waals surface area contributed by atoms with Gasteiger partial charge in [0.05, 0.1) is 4.90 Å². The number of nitrogens with one attached hydrogen (secondary N) is 2. The number of ether oxygens (including phenoxy) is 1. The first-order valence-corrected chi connectivity index (χ1v) is 12.4. The molecule has 1 aliphatic heterocycles. The topological polar surface area (TPSA) is 97.4 Å². The van der Waals surface area contributed by atoms with Gasteiger partial charge in [0.25, 0.3) is 0 Å². The van der Waals surface area contributed by atoms with Crippen molar-refractivity contribution in [3.8, 4) is 11.5 Å². The summed E-state index contributed by atoms with van der Waals surface area (Å²) in [6.45, 7) is 0.957. The highest BCUT2D eigenvalue weighted by atomic mass is 32.2. The number of sulfone groups is 1. The summed E-state index contributed by atoms with van der Waals surface area (Å²) in [7, 11) is -3.81. The Bertz CT molecular complexity index is 981. The highest BCUT2D eigenvalue weighted by molar-refractivity contribution is 7.92. The lowest BCUT2D eigenvalue weighted by molar-refractivity contribution is -0.127. The molecule has 2 aromatic rings. The SMILES string of the molecule is O=C(N[C@]1(S(=O)(=O)c2ccc(Oc3ccncc3)cc2)CCCNC1)C1CCCCC1. The summed E-state index contributed by atoms with van der Waals surface area (Å²) in [5, 5.41) is 6.15. The molecule has 4 rings (SSSR count). The number of aromatic nitrogens is 1. The number of pyridine rings is 1. The molecule has 1 saturated heterocycles. The summed E-state index contributed by atoms with van der Waals surface area (Å²) in [5.74, 6) is 0.925. The van der Waals surface area contributed by atoms with Gasteiger partial charge in [-0.2, -0.15) is 0 Å². The van der Waals surface area contributed by atoms with Gasteiger partial charge >= 0.3 is 0 Å². The van der Waals surface area contributed by atoms with E-state index in [1.165, 1.54) is 0 Å². The van der Waals surface area contributed by atoms with E-state index >= 15 is 0 Å². The number of rotatable bonds is 6. The van der Waals surface area contributed by atoms with Crippen LogP contribution in [0.25, 0.3) is 0 Å². The van der Waals surface area contributed by atoms with Gasteiger partial charge in [0.1, 0.15) is 11.5 Å². The zero-order valence-corrected chi connectivity index (χ0v) is 18.4. The molecule has 2 fully saturated rings. The molecule has 166 valence electrons. The number of nitrogens with zero attached hydrogens (tertiary/aromatic N) is 1. The first kappa shape index (κ1) is 21.8. The van der Waals surface area contributed by atoms with Gasteiger partial charge < -0.3 is 15.4 Å². The number of benzene rings is 1. The van der Waals surface area contributed by atoms with Crippen molar-refractivity contribution in [1.82, 2.24) is 15.6 Å². The molecule has 0 unspecified atom stereocenters. The van der Waals surface area contributed by atoms with Crippen molar-refractivity contribution in [1.29, 1.82) is 0 Å². The van der Waals surface area contributed by atoms with Gasteiger partial charge in [0.2, 0.25) is 15.7 Å². The summed E-state index contributed by atoms with van der Waals surface area (Å²) in [6, 6.07) is 9.84. The van der Waals surface area contributed by atoms with E-state index in [9.17, 15) is 13.2 Å². The van der Waals surface area contributed by atoms with Gasteiger partial charge in [-0.1, -0.05) is 19.3 Å². The maximum absolute atomic E-state index is 13.7. The molecule has 2 aliphatic rings. The summed E-state index contributed by atoms with van der Waals surface area (Å²) < 4.78 is 33.1. The number of hydrogen-bond donors (Lipinski definition) is 2. The molecule has 7 nitrogen and oxygen atoms in total. The van der Waals surface area contributed by atoms with Crippen LogP contribution < -0.4 is 15.4 Å². The summed E-state index contributed by atoms with van der Waals surface area (Å²) in [6.07, 6.45) is 9.19. The van der Waals surface area contributed by atoms with Crippen molar-refractivity contribution in [2.24, 2.45) is 5.92 Å². The fraction of sp³-hybridized carbons (Fsp3) is 0.478. The first-order chi connectivity index (χ1) is 15.0. The van der Waals surface area contributed by atoms with Crippen LogP contribution in [-0.2, 0) is 14.6 Å². The molecule has 8 heteroatoms. The van der Waals surface area contributed by atoms with E-state index < -0.39 is 14.7 Å². The highest BCUT2D eigenvalue weighted by Gasteiger charge is 2.47. The van der Waals surface area contributed by atoms with Crippen molar-refractivity contribution in [2.45, 2.75) is 54.7 Å². The van der Waals surface area contributed by atoms with E-state index in [4.69, 9.17) is 4.74 Å². The molecule has 2 heterocycles. The van der Waals surface area contributed by atoms with Gasteiger partial charge in [-0.25, -0.2) is 8.42 Å². The number of hydrogen-bond acceptors (Lipinski definition) is 6. The van der Waals surface area contributed by atoms with Crippen molar-refractivity contribution >= 4 is 15.7 Å². The zero-order valence-electron chi connectivity index (χ0n) is 17.5. The Kier molecular flexibility index (Phi) is 6.57. The van der Waals surface area contributed by atoms with Crippen molar-refractivity contribution in [3.05, 3.63) is 48.8 Å². The fourth-order valence-electron chi connectivity index (χ4n) is 4.43. The molecular weight excluding hydrogens is 414 g/mol. The molecule has 2 N–H and O–H groups in total. The molecule has 1 aromatic heterocycles. The van der Waals surface area contributed by atoms with Crippen LogP contribution in [0.4, 0.5) is 0 Å². The van der Waals surface area contributed by atoms with Crippen molar-refractivity contribution < 1.29 is 17.9 Å². The monoisotopic (exact) mass is 443 g/mol. The minimum atomic E-state index is -3.81. The molecule has 1 amide bonds. The lowest BCUT2D eigenvalue weighted by Gasteiger charge is -2.39. The number of carbonyl (C=O) groups excluding carboxylic acids is 1. The lowest BCUT2D eigenvalue weighted by Crippen LogP contribution is -2.63. The van der Waals surface area contributed by atoms with E-state index in [1.54, 1.807) is 48.8 Å². The Hall–Kier alpha value is -2.45. The van der Waals surface area contributed by atoms with E-state index in [2.05, 4.69) is 15.6 Å². The van der Waals surface area contributed by atoms with Crippen LogP contribution in [0.5, 0.6) is 11.5 Å². The summed E-state index contributed by atoms with van der Waals surface area (Å²) >= 11 is 0. The smallest absolute Gasteiger partial charge is 0.224 e. The Morgan fingerprint density at radius 2 is 1.68 bits per heavy atom. The second-order valence-electron chi connectivity index (χ2n) is 8.36. The molecule has 0 bridgehead atoms. The molecule has 1 aliphatic carbocycles. The van der Waals surface area contributed by atoms with Gasteiger partial charge in [-0.3, -0.25) is 9.78 Å². The minimum Gasteiger partial charge on any atom is -0.457 e. The number of carbonyl (C=O) groups is 1. The van der Waals surface area contributed by atoms with E-state index in [0.29, 0.717) is 24.3 Å². The predicted octanol–water partition coefficient (Wildman–Crippen LogP) is 3.42. The van der Waals surface area contributed by atoms with Crippen LogP contribution in [0, 0.1) is 5.92 Å². The van der Waals surface area contributed by atoms with Crippen LogP contribution in [0.1, 0.15) is 44.9 Å². The van der Waals surface area contributed by atoms with Gasteiger partial charge in [-0.05, 0) is 68.6 Å². The lowest BCUT2D eigenvalue weighted by atomic mass is 9.88.